The molecule has 1 fully saturated rings. The van der Waals surface area contributed by atoms with Crippen LogP contribution in [-0.2, 0) is 4.79 Å². The summed E-state index contributed by atoms with van der Waals surface area (Å²) < 4.78 is 0. The van der Waals surface area contributed by atoms with E-state index in [-0.39, 0.29) is 0 Å². The molecule has 0 aliphatic carbocycles. The van der Waals surface area contributed by atoms with Crippen LogP contribution in [0.15, 0.2) is 24.3 Å². The lowest BCUT2D eigenvalue weighted by Gasteiger charge is -2.33. The zero-order valence-electron chi connectivity index (χ0n) is 10.1. The molecule has 5 heteroatoms. The number of aliphatic hydroxyl groups is 1. The molecule has 2 rings (SSSR count). The van der Waals surface area contributed by atoms with Crippen molar-refractivity contribution in [3.8, 4) is 0 Å². The molecule has 1 aromatic rings. The third-order valence-electron chi connectivity index (χ3n) is 3.24. The highest BCUT2D eigenvalue weighted by molar-refractivity contribution is 6.30. The number of hydrogen-bond donors (Lipinski definition) is 1. The number of β-amino-alcohol motifs (C(OH)–C–C–N with tert-alkyl or cyclic N) is 1. The smallest absolute Gasteiger partial charge is 0.209 e. The van der Waals surface area contributed by atoms with E-state index in [2.05, 4.69) is 4.90 Å². The predicted octanol–water partition coefficient (Wildman–Crippen LogP) is 1.15. The molecule has 0 aromatic heterocycles. The van der Waals surface area contributed by atoms with E-state index in [0.29, 0.717) is 11.6 Å². The molecule has 1 atom stereocenters. The Balaban J connectivity index is 1.86. The lowest BCUT2D eigenvalue weighted by Crippen LogP contribution is -2.46. The van der Waals surface area contributed by atoms with E-state index in [1.807, 2.05) is 12.1 Å². The molecule has 1 N–H and O–H groups in total. The molecule has 1 saturated heterocycles. The van der Waals surface area contributed by atoms with Crippen LogP contribution in [0.5, 0.6) is 0 Å². The quantitative estimate of drug-likeness (QED) is 0.833. The normalized spacial score (nSPS) is 18.7. The average molecular weight is 269 g/mol. The Morgan fingerprint density at radius 1 is 1.22 bits per heavy atom. The molecule has 1 aliphatic rings. The fourth-order valence-corrected chi connectivity index (χ4v) is 2.21. The number of rotatable bonds is 4. The van der Waals surface area contributed by atoms with Gasteiger partial charge in [-0.1, -0.05) is 23.7 Å². The van der Waals surface area contributed by atoms with Crippen LogP contribution in [0, 0.1) is 0 Å². The molecule has 1 heterocycles. The zero-order valence-corrected chi connectivity index (χ0v) is 10.9. The maximum atomic E-state index is 10.6. The SMILES string of the molecule is O=CN1CCN(CC(O)c2ccc(Cl)cc2)CC1. The third-order valence-corrected chi connectivity index (χ3v) is 3.49. The number of piperazine rings is 1. The molecule has 0 spiro atoms. The van der Waals surface area contributed by atoms with Gasteiger partial charge in [0.2, 0.25) is 6.41 Å². The van der Waals surface area contributed by atoms with Gasteiger partial charge >= 0.3 is 0 Å². The van der Waals surface area contributed by atoms with E-state index in [9.17, 15) is 9.90 Å². The number of benzene rings is 1. The number of nitrogens with zero attached hydrogens (tertiary/aromatic N) is 2. The summed E-state index contributed by atoms with van der Waals surface area (Å²) in [6, 6.07) is 7.25. The summed E-state index contributed by atoms with van der Waals surface area (Å²) in [6.45, 7) is 3.68. The molecule has 4 nitrogen and oxygen atoms in total. The Morgan fingerprint density at radius 3 is 2.39 bits per heavy atom. The van der Waals surface area contributed by atoms with Crippen LogP contribution >= 0.6 is 11.6 Å². The van der Waals surface area contributed by atoms with Gasteiger partial charge in [0.15, 0.2) is 0 Å². The number of amides is 1. The molecular formula is C13H17ClN2O2. The van der Waals surface area contributed by atoms with Crippen LogP contribution in [0.1, 0.15) is 11.7 Å². The van der Waals surface area contributed by atoms with Gasteiger partial charge in [-0.15, -0.1) is 0 Å². The number of halogens is 1. The summed E-state index contributed by atoms with van der Waals surface area (Å²) in [7, 11) is 0. The first kappa shape index (κ1) is 13.3. The standard InChI is InChI=1S/C13H17ClN2O2/c14-12-3-1-11(2-4-12)13(18)9-15-5-7-16(10-17)8-6-15/h1-4,10,13,18H,5-9H2. The molecular weight excluding hydrogens is 252 g/mol. The highest BCUT2D eigenvalue weighted by Crippen LogP contribution is 2.17. The number of carbonyl (C=O) groups is 1. The summed E-state index contributed by atoms with van der Waals surface area (Å²) in [6.07, 6.45) is 0.373. The van der Waals surface area contributed by atoms with E-state index in [4.69, 9.17) is 11.6 Å². The maximum absolute atomic E-state index is 10.6. The van der Waals surface area contributed by atoms with Crippen molar-refractivity contribution in [1.82, 2.24) is 9.80 Å². The van der Waals surface area contributed by atoms with Gasteiger partial charge in [-0.25, -0.2) is 0 Å². The lowest BCUT2D eigenvalue weighted by atomic mass is 10.1. The first-order valence-corrected chi connectivity index (χ1v) is 6.42. The second-order valence-electron chi connectivity index (χ2n) is 4.51. The Bertz CT molecular complexity index is 388. The topological polar surface area (TPSA) is 43.8 Å². The van der Waals surface area contributed by atoms with Crippen LogP contribution in [0.2, 0.25) is 5.02 Å². The minimum absolute atomic E-state index is 0.509. The molecule has 1 amide bonds. The Morgan fingerprint density at radius 2 is 1.83 bits per heavy atom. The lowest BCUT2D eigenvalue weighted by molar-refractivity contribution is -0.119. The second kappa shape index (κ2) is 6.18. The molecule has 1 unspecified atom stereocenters. The van der Waals surface area contributed by atoms with Crippen molar-refractivity contribution < 1.29 is 9.90 Å². The van der Waals surface area contributed by atoms with Gasteiger partial charge in [-0.05, 0) is 17.7 Å². The molecule has 1 aliphatic heterocycles. The van der Waals surface area contributed by atoms with E-state index in [0.717, 1.165) is 38.2 Å². The first-order valence-electron chi connectivity index (χ1n) is 6.04. The van der Waals surface area contributed by atoms with Crippen molar-refractivity contribution in [2.24, 2.45) is 0 Å². The van der Waals surface area contributed by atoms with Gasteiger partial charge in [-0.3, -0.25) is 9.69 Å². The summed E-state index contributed by atoms with van der Waals surface area (Å²) in [5, 5.41) is 10.8. The molecule has 98 valence electrons. The maximum Gasteiger partial charge on any atom is 0.209 e. The summed E-state index contributed by atoms with van der Waals surface area (Å²) in [5.41, 5.74) is 0.872. The van der Waals surface area contributed by atoms with Crippen molar-refractivity contribution in [2.45, 2.75) is 6.10 Å². The molecule has 0 saturated carbocycles. The van der Waals surface area contributed by atoms with E-state index >= 15 is 0 Å². The second-order valence-corrected chi connectivity index (χ2v) is 4.95. The summed E-state index contributed by atoms with van der Waals surface area (Å²) in [5.74, 6) is 0. The number of aliphatic hydroxyl groups excluding tert-OH is 1. The van der Waals surface area contributed by atoms with Crippen LogP contribution in [-0.4, -0.2) is 54.0 Å². The summed E-state index contributed by atoms with van der Waals surface area (Å²) >= 11 is 5.81. The van der Waals surface area contributed by atoms with Crippen molar-refractivity contribution >= 4 is 18.0 Å². The molecule has 1 aromatic carbocycles. The molecule has 0 radical (unpaired) electrons. The van der Waals surface area contributed by atoms with Gasteiger partial charge in [0.25, 0.3) is 0 Å². The van der Waals surface area contributed by atoms with Crippen LogP contribution < -0.4 is 0 Å². The zero-order chi connectivity index (χ0) is 13.0. The van der Waals surface area contributed by atoms with E-state index < -0.39 is 6.10 Å². The first-order chi connectivity index (χ1) is 8.69. The van der Waals surface area contributed by atoms with Gasteiger partial charge in [0.05, 0.1) is 6.10 Å². The fraction of sp³-hybridized carbons (Fsp3) is 0.462. The third kappa shape index (κ3) is 3.45. The fourth-order valence-electron chi connectivity index (χ4n) is 2.09. The van der Waals surface area contributed by atoms with Crippen molar-refractivity contribution in [3.63, 3.8) is 0 Å². The Labute approximate surface area is 112 Å². The van der Waals surface area contributed by atoms with Crippen molar-refractivity contribution in [3.05, 3.63) is 34.9 Å². The highest BCUT2D eigenvalue weighted by Gasteiger charge is 2.18. The molecule has 18 heavy (non-hydrogen) atoms. The van der Waals surface area contributed by atoms with Crippen LogP contribution in [0.25, 0.3) is 0 Å². The largest absolute Gasteiger partial charge is 0.387 e. The number of carbonyl (C=O) groups excluding carboxylic acids is 1. The minimum Gasteiger partial charge on any atom is -0.387 e. The van der Waals surface area contributed by atoms with Crippen molar-refractivity contribution in [2.75, 3.05) is 32.7 Å². The predicted molar refractivity (Wildman–Crippen MR) is 70.5 cm³/mol. The van der Waals surface area contributed by atoms with Crippen LogP contribution in [0.4, 0.5) is 0 Å². The van der Waals surface area contributed by atoms with E-state index in [1.165, 1.54) is 0 Å². The average Bonchev–Trinajstić information content (AvgIpc) is 2.40. The summed E-state index contributed by atoms with van der Waals surface area (Å²) in [4.78, 5) is 14.5. The van der Waals surface area contributed by atoms with Gasteiger partial charge in [0.1, 0.15) is 0 Å². The highest BCUT2D eigenvalue weighted by atomic mass is 35.5. The molecule has 0 bridgehead atoms. The van der Waals surface area contributed by atoms with Crippen molar-refractivity contribution in [1.29, 1.82) is 0 Å². The Kier molecular flexibility index (Phi) is 4.58. The van der Waals surface area contributed by atoms with Gasteiger partial charge < -0.3 is 10.0 Å². The Hall–Kier alpha value is -1.10. The van der Waals surface area contributed by atoms with Crippen LogP contribution in [0.3, 0.4) is 0 Å². The van der Waals surface area contributed by atoms with E-state index in [1.54, 1.807) is 17.0 Å². The monoisotopic (exact) mass is 268 g/mol. The minimum atomic E-state index is -0.509. The van der Waals surface area contributed by atoms with Gasteiger partial charge in [-0.2, -0.15) is 0 Å². The van der Waals surface area contributed by atoms with Gasteiger partial charge in [0, 0.05) is 37.7 Å². The number of hydrogen-bond acceptors (Lipinski definition) is 3.